The van der Waals surface area contributed by atoms with Gasteiger partial charge in [-0.3, -0.25) is 0 Å². The Kier molecular flexibility index (Phi) is 49.4. The molecular formula is H5BaBiBr2O. The van der Waals surface area contributed by atoms with E-state index in [1.165, 1.54) is 0 Å². The number of hydrogen-bond donors (Lipinski definition) is 0. The van der Waals surface area contributed by atoms with Crippen LogP contribution in [0.1, 0.15) is 2.85 Å². The molecule has 0 N–H and O–H groups in total. The monoisotopic (exact) mass is 526 g/mol. The van der Waals surface area contributed by atoms with Gasteiger partial charge in [0, 0.05) is 0 Å². The second-order valence-corrected chi connectivity index (χ2v) is 1.57. The first-order chi connectivity index (χ1) is 1.41. The summed E-state index contributed by atoms with van der Waals surface area (Å²) < 4.78 is 3.88. The molecule has 0 heterocycles. The standard InChI is InChI=1S/Ba.Bi.Br2O.5H/c;;1-3-2;;;;;/q+2;;;;;;2*-1. The van der Waals surface area contributed by atoms with Crippen LogP contribution in [0.5, 0.6) is 0 Å². The molecule has 0 amide bonds. The zero-order valence-electron chi connectivity index (χ0n) is 4.58. The predicted molar refractivity (Wildman–Crippen MR) is 36.9 cm³/mol. The van der Waals surface area contributed by atoms with E-state index < -0.39 is 0 Å². The van der Waals surface area contributed by atoms with Gasteiger partial charge in [0.15, 0.2) is 0 Å². The van der Waals surface area contributed by atoms with Crippen molar-refractivity contribution < 1.29 is 5.77 Å². The molecule has 32 valence electrons. The molecule has 0 rings (SSSR count). The Bertz CT molecular complexity index is 15.7. The van der Waals surface area contributed by atoms with Gasteiger partial charge in [-0.1, -0.05) is 0 Å². The van der Waals surface area contributed by atoms with E-state index in [-0.39, 0.29) is 77.9 Å². The van der Waals surface area contributed by atoms with E-state index >= 15 is 0 Å². The molecule has 0 saturated heterocycles. The molecule has 0 aliphatic heterocycles. The molecule has 0 fully saturated rings. The van der Waals surface area contributed by atoms with Gasteiger partial charge in [0.1, 0.15) is 32.5 Å². The Labute approximate surface area is 111 Å². The van der Waals surface area contributed by atoms with E-state index in [1.54, 1.807) is 0 Å². The molecule has 0 radical (unpaired) electrons. The van der Waals surface area contributed by atoms with Crippen molar-refractivity contribution in [3.8, 4) is 0 Å². The molecule has 0 aliphatic rings. The van der Waals surface area contributed by atoms with Gasteiger partial charge in [-0.2, -0.15) is 0 Å². The van der Waals surface area contributed by atoms with Gasteiger partial charge in [-0.15, -0.1) is 0 Å². The third-order valence-corrected chi connectivity index (χ3v) is 0. The smallest absolute Gasteiger partial charge is 1.00 e. The van der Waals surface area contributed by atoms with Crippen LogP contribution in [0.15, 0.2) is 0 Å². The molecule has 0 spiro atoms. The molecule has 5 heteroatoms. The molecule has 0 unspecified atom stereocenters. The summed E-state index contributed by atoms with van der Waals surface area (Å²) in [5.41, 5.74) is 0. The van der Waals surface area contributed by atoms with Crippen LogP contribution in [0.4, 0.5) is 0 Å². The molecule has 0 aromatic heterocycles. The first-order valence-corrected chi connectivity index (χ1v) is 1.60. The third kappa shape index (κ3) is 18.7. The first-order valence-electron chi connectivity index (χ1n) is 0.309. The van der Waals surface area contributed by atoms with E-state index in [1.807, 2.05) is 0 Å². The quantitative estimate of drug-likeness (QED) is 0.412. The molecule has 5 heavy (non-hydrogen) atoms. The number of halogens is 2. The van der Waals surface area contributed by atoms with Crippen LogP contribution in [0, 0.1) is 0 Å². The van der Waals surface area contributed by atoms with Crippen molar-refractivity contribution in [1.29, 1.82) is 0 Å². The normalized spacial score (nSPS) is 3.60. The van der Waals surface area contributed by atoms with E-state index in [4.69, 9.17) is 0 Å². The van der Waals surface area contributed by atoms with Crippen molar-refractivity contribution in [2.24, 2.45) is 0 Å². The van der Waals surface area contributed by atoms with Crippen molar-refractivity contribution in [3.63, 3.8) is 0 Å². The van der Waals surface area contributed by atoms with Crippen molar-refractivity contribution >= 4 is 108 Å². The molecule has 0 atom stereocenters. The fourth-order valence-corrected chi connectivity index (χ4v) is 0. The summed E-state index contributed by atoms with van der Waals surface area (Å²) in [6, 6.07) is 0. The van der Waals surface area contributed by atoms with Crippen LogP contribution in [0.2, 0.25) is 0 Å². The summed E-state index contributed by atoms with van der Waals surface area (Å²) in [5, 5.41) is 0. The molecule has 0 saturated carbocycles. The van der Waals surface area contributed by atoms with Gasteiger partial charge < -0.3 is 2.85 Å². The summed E-state index contributed by atoms with van der Waals surface area (Å²) in [5.74, 6) is 0. The maximum absolute atomic E-state index is 3.88. The van der Waals surface area contributed by atoms with E-state index in [2.05, 4.69) is 35.4 Å². The Hall–Kier alpha value is 3.37. The Balaban J connectivity index is -0.00000000333. The van der Waals surface area contributed by atoms with Crippen LogP contribution in [-0.2, 0) is 2.92 Å². The van der Waals surface area contributed by atoms with Crippen LogP contribution in [0.3, 0.4) is 0 Å². The van der Waals surface area contributed by atoms with Crippen molar-refractivity contribution in [2.75, 3.05) is 0 Å². The summed E-state index contributed by atoms with van der Waals surface area (Å²) in [4.78, 5) is 0. The van der Waals surface area contributed by atoms with Crippen LogP contribution in [-0.4, -0.2) is 75.1 Å². The first kappa shape index (κ1) is 15.8. The molecule has 0 aliphatic carbocycles. The maximum Gasteiger partial charge on any atom is -1.00 e. The van der Waals surface area contributed by atoms with E-state index in [9.17, 15) is 0 Å². The van der Waals surface area contributed by atoms with E-state index in [0.29, 0.717) is 0 Å². The average molecular weight is 527 g/mol. The van der Waals surface area contributed by atoms with Gasteiger partial charge in [-0.25, -0.2) is 2.92 Å². The van der Waals surface area contributed by atoms with Crippen LogP contribution in [0.25, 0.3) is 0 Å². The molecule has 1 nitrogen and oxygen atoms in total. The summed E-state index contributed by atoms with van der Waals surface area (Å²) in [7, 11) is 0. The predicted octanol–water partition coefficient (Wildman–Crippen LogP) is 0.283. The summed E-state index contributed by atoms with van der Waals surface area (Å²) in [6.45, 7) is 0. The molecular weight excluding hydrogens is 522 g/mol. The van der Waals surface area contributed by atoms with Gasteiger partial charge in [0.05, 0.1) is 0 Å². The second-order valence-electron chi connectivity index (χ2n) is 0.0583. The fourth-order valence-electron chi connectivity index (χ4n) is 0. The minimum absolute atomic E-state index is 0. The zero-order chi connectivity index (χ0) is 2.71. The number of hydrogen-bond acceptors (Lipinski definition) is 1. The van der Waals surface area contributed by atoms with Crippen LogP contribution < -0.4 is 0 Å². The largest absolute Gasteiger partial charge is 1.00 e. The van der Waals surface area contributed by atoms with Gasteiger partial charge in [-0.05, 0) is 0 Å². The molecule has 0 bridgehead atoms. The van der Waals surface area contributed by atoms with Gasteiger partial charge in [0.25, 0.3) is 0 Å². The van der Waals surface area contributed by atoms with Crippen molar-refractivity contribution in [1.82, 2.24) is 0 Å². The summed E-state index contributed by atoms with van der Waals surface area (Å²) in [6.07, 6.45) is 0. The Morgan fingerprint density at radius 3 is 1.40 bits per heavy atom. The zero-order valence-corrected chi connectivity index (χ0v) is 15.7. The minimum Gasteiger partial charge on any atom is -1.00 e. The Morgan fingerprint density at radius 2 is 1.40 bits per heavy atom. The van der Waals surface area contributed by atoms with Gasteiger partial charge >= 0.3 is 75.1 Å². The van der Waals surface area contributed by atoms with Gasteiger partial charge in [0.2, 0.25) is 0 Å². The number of rotatable bonds is 0. The maximum atomic E-state index is 3.88. The van der Waals surface area contributed by atoms with Crippen LogP contribution >= 0.6 is 32.5 Å². The minimum atomic E-state index is 0. The fraction of sp³-hybridized carbons (Fsp3) is 0. The third-order valence-electron chi connectivity index (χ3n) is 0. The SMILES string of the molecule is BrOBr.[Ba+2].[BiH3].[H-].[H-]. The topological polar surface area (TPSA) is 9.23 Å². The summed E-state index contributed by atoms with van der Waals surface area (Å²) >= 11 is 5.12. The second kappa shape index (κ2) is 15.7. The average Bonchev–Trinajstić information content (AvgIpc) is 0.918. The Morgan fingerprint density at radius 1 is 1.40 bits per heavy atom. The van der Waals surface area contributed by atoms with Crippen molar-refractivity contribution in [3.05, 3.63) is 0 Å². The molecule has 0 aromatic rings. The molecule has 0 aromatic carbocycles. The van der Waals surface area contributed by atoms with Crippen molar-refractivity contribution in [2.45, 2.75) is 0 Å². The van der Waals surface area contributed by atoms with E-state index in [0.717, 1.165) is 0 Å².